The molecule has 0 aromatic heterocycles. The number of ether oxygens (including phenoxy) is 2. The summed E-state index contributed by atoms with van der Waals surface area (Å²) in [5.41, 5.74) is 0.595. The molecule has 5 nitrogen and oxygen atoms in total. The molecular formula is C30H41NO4. The van der Waals surface area contributed by atoms with Gasteiger partial charge in [0, 0.05) is 24.3 Å². The summed E-state index contributed by atoms with van der Waals surface area (Å²) in [4.78, 5) is 14.9. The third-order valence-electron chi connectivity index (χ3n) is 9.74. The fourth-order valence-electron chi connectivity index (χ4n) is 7.69. The number of fused-ring (bicyclic) bond motifs is 2. The number of rotatable bonds is 3. The van der Waals surface area contributed by atoms with Gasteiger partial charge in [0.1, 0.15) is 0 Å². The first-order chi connectivity index (χ1) is 17.0. The Morgan fingerprint density at radius 3 is 2.60 bits per heavy atom. The molecule has 5 saturated heterocycles. The highest BCUT2D eigenvalue weighted by Crippen LogP contribution is 2.60. The standard InChI is InChI=1S/C30H41NO4/c1-21-12-15-26-22(2)27(32-28-30(26)25(21)16-17-29(3,33-28)34-35-30)20-24(31-18-8-5-9-19-31)14-13-23-10-6-4-7-11-23/h4,6-7,10-11,21-22,24-28H,5,8-9,12,15-20H2,1-3H3/t21-,22-,24?,25+,26+,27-,28-,29-,30-/m1/s1. The lowest BCUT2D eigenvalue weighted by Gasteiger charge is -2.60. The van der Waals surface area contributed by atoms with E-state index in [0.717, 1.165) is 44.3 Å². The highest BCUT2D eigenvalue weighted by Gasteiger charge is 2.69. The van der Waals surface area contributed by atoms with Crippen LogP contribution in [0.4, 0.5) is 0 Å². The maximum absolute atomic E-state index is 6.91. The van der Waals surface area contributed by atoms with Gasteiger partial charge in [-0.3, -0.25) is 4.90 Å². The smallest absolute Gasteiger partial charge is 0.201 e. The first-order valence-electron chi connectivity index (χ1n) is 14.0. The molecule has 1 spiro atoms. The number of likely N-dealkylation sites (tertiary alicyclic amines) is 1. The second-order valence-electron chi connectivity index (χ2n) is 11.9. The maximum atomic E-state index is 6.91. The van der Waals surface area contributed by atoms with E-state index < -0.39 is 11.4 Å². The normalized spacial score (nSPS) is 44.0. The van der Waals surface area contributed by atoms with Crippen LogP contribution in [0.25, 0.3) is 0 Å². The molecule has 5 heteroatoms. The van der Waals surface area contributed by atoms with Gasteiger partial charge in [0.15, 0.2) is 11.9 Å². The predicted molar refractivity (Wildman–Crippen MR) is 134 cm³/mol. The van der Waals surface area contributed by atoms with E-state index in [1.807, 2.05) is 13.0 Å². The van der Waals surface area contributed by atoms with Crippen LogP contribution in [0.1, 0.15) is 77.7 Å². The predicted octanol–water partition coefficient (Wildman–Crippen LogP) is 5.53. The second kappa shape index (κ2) is 9.47. The summed E-state index contributed by atoms with van der Waals surface area (Å²) in [5, 5.41) is 0. The summed E-state index contributed by atoms with van der Waals surface area (Å²) in [5.74, 6) is 8.15. The average Bonchev–Trinajstić information content (AvgIpc) is 3.11. The molecule has 0 amide bonds. The third kappa shape index (κ3) is 4.26. The molecule has 1 aromatic rings. The van der Waals surface area contributed by atoms with Gasteiger partial charge in [-0.1, -0.05) is 50.3 Å². The Morgan fingerprint density at radius 2 is 1.80 bits per heavy atom. The van der Waals surface area contributed by atoms with E-state index >= 15 is 0 Å². The van der Waals surface area contributed by atoms with E-state index in [-0.39, 0.29) is 18.4 Å². The van der Waals surface area contributed by atoms with Crippen molar-refractivity contribution in [2.45, 2.75) is 102 Å². The molecular weight excluding hydrogens is 438 g/mol. The summed E-state index contributed by atoms with van der Waals surface area (Å²) in [7, 11) is 0. The van der Waals surface area contributed by atoms with Crippen LogP contribution in [0.5, 0.6) is 0 Å². The van der Waals surface area contributed by atoms with Crippen LogP contribution < -0.4 is 0 Å². The Bertz CT molecular complexity index is 952. The van der Waals surface area contributed by atoms with Gasteiger partial charge in [-0.05, 0) is 82.0 Å². The minimum atomic E-state index is -0.720. The van der Waals surface area contributed by atoms with E-state index in [9.17, 15) is 0 Å². The largest absolute Gasteiger partial charge is 0.346 e. The second-order valence-corrected chi connectivity index (χ2v) is 11.9. The van der Waals surface area contributed by atoms with Gasteiger partial charge in [-0.15, -0.1) is 0 Å². The Morgan fingerprint density at radius 1 is 1.00 bits per heavy atom. The SMILES string of the molecule is C[C@H]1[C@@H](CC(C#Cc2ccccc2)N2CCCCC2)O[C@@H]2O[C@@]3(C)CC[C@H]4[C@H](C)CC[C@@H]1[C@@]24OO3. The van der Waals surface area contributed by atoms with Gasteiger partial charge in [-0.25, -0.2) is 9.78 Å². The summed E-state index contributed by atoms with van der Waals surface area (Å²) in [6.45, 7) is 9.00. The summed E-state index contributed by atoms with van der Waals surface area (Å²) < 4.78 is 13.5. The number of piperidine rings is 1. The fraction of sp³-hybridized carbons (Fsp3) is 0.733. The number of benzene rings is 1. The van der Waals surface area contributed by atoms with Crippen LogP contribution in [-0.4, -0.2) is 47.8 Å². The average molecular weight is 480 g/mol. The molecule has 5 heterocycles. The lowest BCUT2D eigenvalue weighted by molar-refractivity contribution is -0.571. The molecule has 0 radical (unpaired) electrons. The molecule has 6 fully saturated rings. The van der Waals surface area contributed by atoms with Crippen LogP contribution in [0.15, 0.2) is 30.3 Å². The molecule has 6 aliphatic rings. The lowest BCUT2D eigenvalue weighted by Crippen LogP contribution is -2.70. The minimum absolute atomic E-state index is 0.0910. The zero-order chi connectivity index (χ0) is 24.0. The van der Waals surface area contributed by atoms with Gasteiger partial charge < -0.3 is 9.47 Å². The fourth-order valence-corrected chi connectivity index (χ4v) is 7.69. The highest BCUT2D eigenvalue weighted by molar-refractivity contribution is 5.35. The Hall–Kier alpha value is -1.42. The molecule has 1 unspecified atom stereocenters. The molecule has 1 saturated carbocycles. The van der Waals surface area contributed by atoms with Gasteiger partial charge >= 0.3 is 0 Å². The third-order valence-corrected chi connectivity index (χ3v) is 9.74. The monoisotopic (exact) mass is 479 g/mol. The van der Waals surface area contributed by atoms with Gasteiger partial charge in [0.05, 0.1) is 12.1 Å². The van der Waals surface area contributed by atoms with Crippen LogP contribution in [-0.2, 0) is 19.2 Å². The molecule has 1 aliphatic carbocycles. The molecule has 35 heavy (non-hydrogen) atoms. The van der Waals surface area contributed by atoms with E-state index in [2.05, 4.69) is 54.9 Å². The van der Waals surface area contributed by atoms with Crippen molar-refractivity contribution in [3.8, 4) is 11.8 Å². The van der Waals surface area contributed by atoms with Crippen molar-refractivity contribution in [3.63, 3.8) is 0 Å². The van der Waals surface area contributed by atoms with Crippen molar-refractivity contribution in [3.05, 3.63) is 35.9 Å². The maximum Gasteiger partial charge on any atom is 0.201 e. The summed E-state index contributed by atoms with van der Waals surface area (Å²) >= 11 is 0. The number of nitrogens with zero attached hydrogens (tertiary/aromatic N) is 1. The van der Waals surface area contributed by atoms with Crippen LogP contribution >= 0.6 is 0 Å². The Labute approximate surface area is 210 Å². The zero-order valence-electron chi connectivity index (χ0n) is 21.6. The van der Waals surface area contributed by atoms with Crippen molar-refractivity contribution >= 4 is 0 Å². The first kappa shape index (κ1) is 23.9. The van der Waals surface area contributed by atoms with E-state index in [0.29, 0.717) is 23.7 Å². The highest BCUT2D eigenvalue weighted by atomic mass is 17.3. The molecule has 1 aromatic carbocycles. The van der Waals surface area contributed by atoms with Crippen LogP contribution in [0.3, 0.4) is 0 Å². The quantitative estimate of drug-likeness (QED) is 0.421. The van der Waals surface area contributed by atoms with Crippen molar-refractivity contribution in [2.75, 3.05) is 13.1 Å². The molecule has 190 valence electrons. The molecule has 5 aliphatic heterocycles. The number of hydrogen-bond acceptors (Lipinski definition) is 5. The van der Waals surface area contributed by atoms with Crippen molar-refractivity contribution in [2.24, 2.45) is 23.7 Å². The number of hydrogen-bond donors (Lipinski definition) is 0. The Kier molecular flexibility index (Phi) is 6.48. The summed E-state index contributed by atoms with van der Waals surface area (Å²) in [6, 6.07) is 10.6. The molecule has 2 bridgehead atoms. The summed E-state index contributed by atoms with van der Waals surface area (Å²) in [6.07, 6.45) is 8.77. The van der Waals surface area contributed by atoms with E-state index in [1.54, 1.807) is 0 Å². The van der Waals surface area contributed by atoms with Crippen molar-refractivity contribution in [1.29, 1.82) is 0 Å². The van der Waals surface area contributed by atoms with Crippen molar-refractivity contribution < 1.29 is 19.2 Å². The minimum Gasteiger partial charge on any atom is -0.346 e. The Balaban J connectivity index is 1.29. The topological polar surface area (TPSA) is 40.2 Å². The zero-order valence-corrected chi connectivity index (χ0v) is 21.6. The van der Waals surface area contributed by atoms with Gasteiger partial charge in [0.2, 0.25) is 5.79 Å². The van der Waals surface area contributed by atoms with Gasteiger partial charge in [-0.2, -0.15) is 0 Å². The van der Waals surface area contributed by atoms with Crippen molar-refractivity contribution in [1.82, 2.24) is 4.90 Å². The lowest BCUT2D eigenvalue weighted by atomic mass is 9.57. The van der Waals surface area contributed by atoms with Crippen LogP contribution in [0, 0.1) is 35.5 Å². The van der Waals surface area contributed by atoms with Crippen LogP contribution in [0.2, 0.25) is 0 Å². The first-order valence-corrected chi connectivity index (χ1v) is 14.0. The molecule has 7 rings (SSSR count). The molecule has 9 atom stereocenters. The van der Waals surface area contributed by atoms with E-state index in [4.69, 9.17) is 19.2 Å². The molecule has 0 N–H and O–H groups in total. The van der Waals surface area contributed by atoms with E-state index in [1.165, 1.54) is 25.7 Å². The van der Waals surface area contributed by atoms with Gasteiger partial charge in [0.25, 0.3) is 0 Å².